The smallest absolute Gasteiger partial charge is 0.408 e. The summed E-state index contributed by atoms with van der Waals surface area (Å²) in [5, 5.41) is 2.65. The second kappa shape index (κ2) is 7.52. The van der Waals surface area contributed by atoms with Gasteiger partial charge in [-0.15, -0.1) is 0 Å². The Hall–Kier alpha value is -2.05. The van der Waals surface area contributed by atoms with Crippen LogP contribution in [0, 0.1) is 5.92 Å². The highest BCUT2D eigenvalue weighted by molar-refractivity contribution is 5.90. The number of methoxy groups -OCH3 is 1. The van der Waals surface area contributed by atoms with Crippen molar-refractivity contribution in [3.63, 3.8) is 0 Å². The largest absolute Gasteiger partial charge is 0.477 e. The number of esters is 1. The lowest BCUT2D eigenvalue weighted by molar-refractivity contribution is -0.142. The Morgan fingerprint density at radius 2 is 2.30 bits per heavy atom. The lowest BCUT2D eigenvalue weighted by Gasteiger charge is -2.21. The molecule has 0 aromatic rings. The highest BCUT2D eigenvalue weighted by Gasteiger charge is 2.33. The van der Waals surface area contributed by atoms with Gasteiger partial charge in [-0.2, -0.15) is 0 Å². The van der Waals surface area contributed by atoms with Gasteiger partial charge in [-0.25, -0.2) is 14.6 Å². The van der Waals surface area contributed by atoms with Crippen molar-refractivity contribution in [3.05, 3.63) is 12.7 Å². The zero-order chi connectivity index (χ0) is 15.1. The van der Waals surface area contributed by atoms with Crippen molar-refractivity contribution in [2.24, 2.45) is 10.9 Å². The van der Waals surface area contributed by atoms with E-state index >= 15 is 0 Å². The van der Waals surface area contributed by atoms with E-state index in [4.69, 9.17) is 9.47 Å². The number of nitrogens with zero attached hydrogens (tertiary/aromatic N) is 1. The predicted molar refractivity (Wildman–Crippen MR) is 72.5 cm³/mol. The van der Waals surface area contributed by atoms with E-state index in [0.717, 1.165) is 0 Å². The molecule has 2 atom stereocenters. The van der Waals surface area contributed by atoms with E-state index in [1.54, 1.807) is 0 Å². The van der Waals surface area contributed by atoms with E-state index in [1.807, 2.05) is 13.8 Å². The molecule has 0 aliphatic carbocycles. The van der Waals surface area contributed by atoms with E-state index in [0.29, 0.717) is 5.90 Å². The van der Waals surface area contributed by atoms with Crippen LogP contribution in [0.25, 0.3) is 0 Å². The molecule has 0 spiro atoms. The van der Waals surface area contributed by atoms with Crippen molar-refractivity contribution >= 4 is 18.0 Å². The normalized spacial score (nSPS) is 18.8. The SMILES string of the molecule is C=CCOC(=O)N[C@@H](C1=N[C@H](C(=O)OC)CO1)C(C)C. The molecule has 7 nitrogen and oxygen atoms in total. The molecule has 7 heteroatoms. The van der Waals surface area contributed by atoms with E-state index in [-0.39, 0.29) is 19.1 Å². The number of alkyl carbamates (subject to hydrolysis) is 1. The number of nitrogens with one attached hydrogen (secondary N) is 1. The number of aliphatic imine (C=N–C) groups is 1. The molecule has 0 aromatic carbocycles. The Kier molecular flexibility index (Phi) is 6.02. The second-order valence-corrected chi connectivity index (χ2v) is 4.57. The Morgan fingerprint density at radius 1 is 1.60 bits per heavy atom. The molecular weight excluding hydrogens is 264 g/mol. The number of amides is 1. The molecule has 1 rings (SSSR count). The summed E-state index contributed by atoms with van der Waals surface area (Å²) in [7, 11) is 1.29. The molecule has 1 amide bonds. The fraction of sp³-hybridized carbons (Fsp3) is 0.615. The van der Waals surface area contributed by atoms with E-state index in [9.17, 15) is 9.59 Å². The Morgan fingerprint density at radius 3 is 2.85 bits per heavy atom. The van der Waals surface area contributed by atoms with Crippen molar-refractivity contribution in [2.45, 2.75) is 25.9 Å². The maximum atomic E-state index is 11.6. The van der Waals surface area contributed by atoms with Crippen LogP contribution in [0.5, 0.6) is 0 Å². The first-order valence-electron chi connectivity index (χ1n) is 6.32. The number of carbonyl (C=O) groups excluding carboxylic acids is 2. The van der Waals surface area contributed by atoms with Gasteiger partial charge in [-0.3, -0.25) is 0 Å². The molecule has 0 saturated carbocycles. The molecule has 1 aliphatic heterocycles. The molecular formula is C13H20N2O5. The summed E-state index contributed by atoms with van der Waals surface area (Å²) in [6.45, 7) is 7.49. The van der Waals surface area contributed by atoms with Gasteiger partial charge in [-0.05, 0) is 5.92 Å². The Bertz CT molecular complexity index is 406. The molecule has 0 unspecified atom stereocenters. The van der Waals surface area contributed by atoms with Crippen LogP contribution in [0.15, 0.2) is 17.6 Å². The number of carbonyl (C=O) groups is 2. The standard InChI is InChI=1S/C13H20N2O5/c1-5-6-19-13(17)15-10(8(2)3)11-14-9(7-20-11)12(16)18-4/h5,8-10H,1,6-7H2,2-4H3,(H,15,17)/t9-,10+/m0/s1. The predicted octanol–water partition coefficient (Wildman–Crippen LogP) is 0.893. The minimum Gasteiger partial charge on any atom is -0.477 e. The zero-order valence-electron chi connectivity index (χ0n) is 11.9. The first-order valence-corrected chi connectivity index (χ1v) is 6.32. The molecule has 0 fully saturated rings. The third-order valence-corrected chi connectivity index (χ3v) is 2.68. The van der Waals surface area contributed by atoms with Gasteiger partial charge in [0.05, 0.1) is 7.11 Å². The summed E-state index contributed by atoms with van der Waals surface area (Å²) >= 11 is 0. The zero-order valence-corrected chi connectivity index (χ0v) is 11.9. The molecule has 0 radical (unpaired) electrons. The van der Waals surface area contributed by atoms with Crippen LogP contribution in [0.1, 0.15) is 13.8 Å². The maximum absolute atomic E-state index is 11.6. The molecule has 0 bridgehead atoms. The molecule has 1 heterocycles. The minimum atomic E-state index is -0.678. The van der Waals surface area contributed by atoms with Crippen LogP contribution in [0.4, 0.5) is 4.79 Å². The van der Waals surface area contributed by atoms with Crippen LogP contribution in [-0.2, 0) is 19.0 Å². The summed E-state index contributed by atoms with van der Waals surface area (Å²) in [6, 6.07) is -1.13. The second-order valence-electron chi connectivity index (χ2n) is 4.57. The van der Waals surface area contributed by atoms with Gasteiger partial charge in [-0.1, -0.05) is 26.5 Å². The van der Waals surface area contributed by atoms with Gasteiger partial charge in [0.2, 0.25) is 5.90 Å². The Balaban J connectivity index is 2.69. The first kappa shape index (κ1) is 16.0. The summed E-state index contributed by atoms with van der Waals surface area (Å²) < 4.78 is 14.8. The van der Waals surface area contributed by atoms with Gasteiger partial charge in [0.1, 0.15) is 19.3 Å². The van der Waals surface area contributed by atoms with Crippen LogP contribution < -0.4 is 5.32 Å². The molecule has 20 heavy (non-hydrogen) atoms. The van der Waals surface area contributed by atoms with Crippen molar-refractivity contribution in [1.82, 2.24) is 5.32 Å². The van der Waals surface area contributed by atoms with Crippen LogP contribution in [0.3, 0.4) is 0 Å². The molecule has 0 saturated heterocycles. The maximum Gasteiger partial charge on any atom is 0.408 e. The van der Waals surface area contributed by atoms with Crippen LogP contribution in [0.2, 0.25) is 0 Å². The van der Waals surface area contributed by atoms with E-state index in [2.05, 4.69) is 21.6 Å². The van der Waals surface area contributed by atoms with Gasteiger partial charge in [0.25, 0.3) is 0 Å². The highest BCUT2D eigenvalue weighted by Crippen LogP contribution is 2.14. The lowest BCUT2D eigenvalue weighted by Crippen LogP contribution is -2.44. The van der Waals surface area contributed by atoms with Gasteiger partial charge >= 0.3 is 12.1 Å². The summed E-state index contributed by atoms with van der Waals surface area (Å²) in [6.07, 6.45) is 0.886. The summed E-state index contributed by atoms with van der Waals surface area (Å²) in [5.74, 6) is -0.121. The fourth-order valence-corrected chi connectivity index (χ4v) is 1.64. The molecule has 0 aromatic heterocycles. The average Bonchev–Trinajstić information content (AvgIpc) is 2.90. The van der Waals surface area contributed by atoms with Crippen molar-refractivity contribution in [2.75, 3.05) is 20.3 Å². The van der Waals surface area contributed by atoms with Crippen molar-refractivity contribution in [3.8, 4) is 0 Å². The topological polar surface area (TPSA) is 86.2 Å². The van der Waals surface area contributed by atoms with E-state index < -0.39 is 24.1 Å². The quantitative estimate of drug-likeness (QED) is 0.578. The van der Waals surface area contributed by atoms with Gasteiger partial charge in [0, 0.05) is 0 Å². The summed E-state index contributed by atoms with van der Waals surface area (Å²) in [4.78, 5) is 27.1. The Labute approximate surface area is 118 Å². The molecule has 1 aliphatic rings. The number of hydrogen-bond donors (Lipinski definition) is 1. The number of hydrogen-bond acceptors (Lipinski definition) is 6. The van der Waals surface area contributed by atoms with Gasteiger partial charge < -0.3 is 19.5 Å². The average molecular weight is 284 g/mol. The van der Waals surface area contributed by atoms with Crippen molar-refractivity contribution in [1.29, 1.82) is 0 Å². The lowest BCUT2D eigenvalue weighted by atomic mass is 10.0. The third-order valence-electron chi connectivity index (χ3n) is 2.68. The number of ether oxygens (including phenoxy) is 3. The summed E-state index contributed by atoms with van der Waals surface area (Å²) in [5.41, 5.74) is 0. The minimum absolute atomic E-state index is 0.0291. The number of rotatable bonds is 6. The highest BCUT2D eigenvalue weighted by atomic mass is 16.6. The first-order chi connectivity index (χ1) is 9.49. The van der Waals surface area contributed by atoms with Crippen LogP contribution in [-0.4, -0.2) is 50.4 Å². The van der Waals surface area contributed by atoms with Gasteiger partial charge in [0.15, 0.2) is 6.04 Å². The fourth-order valence-electron chi connectivity index (χ4n) is 1.64. The molecule has 1 N–H and O–H groups in total. The molecule has 112 valence electrons. The monoisotopic (exact) mass is 284 g/mol. The van der Waals surface area contributed by atoms with Crippen LogP contribution >= 0.6 is 0 Å². The van der Waals surface area contributed by atoms with E-state index in [1.165, 1.54) is 13.2 Å². The third kappa shape index (κ3) is 4.25. The van der Waals surface area contributed by atoms with Crippen molar-refractivity contribution < 1.29 is 23.8 Å².